The fraction of sp³-hybridized carbons (Fsp3) is 0.122. The minimum atomic E-state index is -0.818. The van der Waals surface area contributed by atoms with E-state index in [0.717, 1.165) is 28.0 Å². The number of methoxy groups -OCH3 is 1. The SMILES string of the molecule is COc1ccc(C2(c3ccc(-c4ccccc4)cc3)C=Cc3c4c(c5ccccc5c3O2)-c2ccccc2C4(C)C)cc1. The summed E-state index contributed by atoms with van der Waals surface area (Å²) in [6.45, 7) is 4.68. The highest BCUT2D eigenvalue weighted by molar-refractivity contribution is 6.08. The molecule has 0 fully saturated rings. The van der Waals surface area contributed by atoms with Gasteiger partial charge in [0, 0.05) is 27.5 Å². The molecule has 8 rings (SSSR count). The van der Waals surface area contributed by atoms with Gasteiger partial charge in [0.1, 0.15) is 11.5 Å². The third-order valence-corrected chi connectivity index (χ3v) is 9.39. The summed E-state index contributed by atoms with van der Waals surface area (Å²) in [5.74, 6) is 1.75. The Morgan fingerprint density at radius 1 is 0.605 bits per heavy atom. The van der Waals surface area contributed by atoms with E-state index in [1.807, 2.05) is 12.1 Å². The van der Waals surface area contributed by atoms with E-state index in [0.29, 0.717) is 0 Å². The van der Waals surface area contributed by atoms with Gasteiger partial charge in [-0.1, -0.05) is 135 Å². The van der Waals surface area contributed by atoms with Gasteiger partial charge in [-0.3, -0.25) is 0 Å². The zero-order valence-corrected chi connectivity index (χ0v) is 24.6. The Hall–Kier alpha value is -5.08. The number of fused-ring (bicyclic) bond motifs is 8. The van der Waals surface area contributed by atoms with Crippen LogP contribution >= 0.6 is 0 Å². The van der Waals surface area contributed by atoms with Crippen molar-refractivity contribution in [2.75, 3.05) is 7.11 Å². The lowest BCUT2D eigenvalue weighted by molar-refractivity contribution is 0.163. The molecule has 1 heterocycles. The molecular formula is C41H32O2. The molecule has 1 unspecified atom stereocenters. The van der Waals surface area contributed by atoms with Gasteiger partial charge in [-0.25, -0.2) is 0 Å². The Morgan fingerprint density at radius 2 is 1.21 bits per heavy atom. The number of rotatable bonds is 4. The predicted molar refractivity (Wildman–Crippen MR) is 177 cm³/mol. The Bertz CT molecular complexity index is 2030. The summed E-state index contributed by atoms with van der Waals surface area (Å²) in [4.78, 5) is 0. The first-order valence-corrected chi connectivity index (χ1v) is 14.9. The van der Waals surface area contributed by atoms with Crippen molar-refractivity contribution < 1.29 is 9.47 Å². The van der Waals surface area contributed by atoms with Crippen LogP contribution in [0.3, 0.4) is 0 Å². The molecule has 1 aliphatic carbocycles. The van der Waals surface area contributed by atoms with E-state index < -0.39 is 5.60 Å². The molecule has 0 saturated carbocycles. The molecule has 6 aromatic rings. The summed E-state index contributed by atoms with van der Waals surface area (Å²) >= 11 is 0. The fourth-order valence-corrected chi connectivity index (χ4v) is 7.26. The fourth-order valence-electron chi connectivity index (χ4n) is 7.26. The number of hydrogen-bond acceptors (Lipinski definition) is 2. The summed E-state index contributed by atoms with van der Waals surface area (Å²) in [7, 11) is 1.70. The van der Waals surface area contributed by atoms with Crippen LogP contribution in [0, 0.1) is 0 Å². The lowest BCUT2D eigenvalue weighted by Gasteiger charge is -2.38. The molecular weight excluding hydrogens is 524 g/mol. The Labute approximate surface area is 252 Å². The molecule has 0 saturated heterocycles. The van der Waals surface area contributed by atoms with Crippen LogP contribution in [0.25, 0.3) is 39.1 Å². The lowest BCUT2D eigenvalue weighted by Crippen LogP contribution is -2.35. The van der Waals surface area contributed by atoms with Crippen molar-refractivity contribution in [3.05, 3.63) is 161 Å². The summed E-state index contributed by atoms with van der Waals surface area (Å²) in [5, 5.41) is 2.36. The molecule has 0 aromatic heterocycles. The van der Waals surface area contributed by atoms with Gasteiger partial charge >= 0.3 is 0 Å². The second-order valence-corrected chi connectivity index (χ2v) is 12.1. The quantitative estimate of drug-likeness (QED) is 0.215. The maximum absolute atomic E-state index is 7.41. The van der Waals surface area contributed by atoms with Gasteiger partial charge in [0.25, 0.3) is 0 Å². The highest BCUT2D eigenvalue weighted by Gasteiger charge is 2.44. The standard InChI is InChI=1S/C41H32O2/c1-40(2)36-16-10-9-15-34(36)37-32-13-7-8-14-33(32)39-35(38(37)40)25-26-41(43-39,30-21-23-31(42-3)24-22-30)29-19-17-28(18-20-29)27-11-5-4-6-12-27/h4-26H,1-3H3. The van der Waals surface area contributed by atoms with Crippen molar-refractivity contribution in [1.29, 1.82) is 0 Å². The second-order valence-electron chi connectivity index (χ2n) is 12.1. The second kappa shape index (κ2) is 9.47. The highest BCUT2D eigenvalue weighted by Crippen LogP contribution is 2.58. The van der Waals surface area contributed by atoms with Crippen molar-refractivity contribution >= 4 is 16.8 Å². The van der Waals surface area contributed by atoms with Crippen LogP contribution in [0.5, 0.6) is 11.5 Å². The van der Waals surface area contributed by atoms with Gasteiger partial charge < -0.3 is 9.47 Å². The molecule has 43 heavy (non-hydrogen) atoms. The maximum atomic E-state index is 7.41. The molecule has 2 heteroatoms. The van der Waals surface area contributed by atoms with Crippen LogP contribution < -0.4 is 9.47 Å². The van der Waals surface area contributed by atoms with Crippen molar-refractivity contribution in [3.8, 4) is 33.8 Å². The molecule has 1 aliphatic heterocycles. The van der Waals surface area contributed by atoms with Crippen LogP contribution in [-0.2, 0) is 11.0 Å². The molecule has 208 valence electrons. The van der Waals surface area contributed by atoms with E-state index >= 15 is 0 Å². The summed E-state index contributed by atoms with van der Waals surface area (Å²) in [5.41, 5.74) is 10.0. The van der Waals surface area contributed by atoms with E-state index in [2.05, 4.69) is 141 Å². The van der Waals surface area contributed by atoms with E-state index in [4.69, 9.17) is 9.47 Å². The van der Waals surface area contributed by atoms with Crippen molar-refractivity contribution in [3.63, 3.8) is 0 Å². The predicted octanol–water partition coefficient (Wildman–Crippen LogP) is 10.2. The first-order valence-electron chi connectivity index (χ1n) is 14.9. The zero-order valence-electron chi connectivity index (χ0n) is 24.6. The van der Waals surface area contributed by atoms with Crippen molar-refractivity contribution in [1.82, 2.24) is 0 Å². The van der Waals surface area contributed by atoms with Crippen molar-refractivity contribution in [2.24, 2.45) is 0 Å². The number of ether oxygens (including phenoxy) is 2. The first kappa shape index (κ1) is 25.6. The topological polar surface area (TPSA) is 18.5 Å². The molecule has 6 aromatic carbocycles. The largest absolute Gasteiger partial charge is 0.497 e. The Morgan fingerprint density at radius 3 is 1.93 bits per heavy atom. The van der Waals surface area contributed by atoms with E-state index in [1.54, 1.807) is 7.11 Å². The normalized spacial score (nSPS) is 17.6. The number of hydrogen-bond donors (Lipinski definition) is 0. The molecule has 1 atom stereocenters. The van der Waals surface area contributed by atoms with Gasteiger partial charge in [0.2, 0.25) is 0 Å². The van der Waals surface area contributed by atoms with Gasteiger partial charge in [-0.15, -0.1) is 0 Å². The van der Waals surface area contributed by atoms with Gasteiger partial charge in [-0.2, -0.15) is 0 Å². The van der Waals surface area contributed by atoms with Crippen molar-refractivity contribution in [2.45, 2.75) is 24.9 Å². The van der Waals surface area contributed by atoms with Gasteiger partial charge in [0.05, 0.1) is 7.11 Å². The van der Waals surface area contributed by atoms with Gasteiger partial charge in [0.15, 0.2) is 5.60 Å². The third kappa shape index (κ3) is 3.73. The van der Waals surface area contributed by atoms with Crippen LogP contribution in [0.1, 0.15) is 41.7 Å². The molecule has 0 N–H and O–H groups in total. The molecule has 2 nitrogen and oxygen atoms in total. The van der Waals surface area contributed by atoms with Crippen LogP contribution in [0.4, 0.5) is 0 Å². The Kier molecular flexibility index (Phi) is 5.64. The first-order chi connectivity index (χ1) is 21.0. The summed E-state index contributed by atoms with van der Waals surface area (Å²) < 4.78 is 12.9. The molecule has 0 bridgehead atoms. The lowest BCUT2D eigenvalue weighted by atomic mass is 9.76. The van der Waals surface area contributed by atoms with Crippen LogP contribution in [-0.4, -0.2) is 7.11 Å². The highest BCUT2D eigenvalue weighted by atomic mass is 16.5. The molecule has 0 spiro atoms. The van der Waals surface area contributed by atoms with E-state index in [1.165, 1.54) is 44.3 Å². The van der Waals surface area contributed by atoms with E-state index in [9.17, 15) is 0 Å². The maximum Gasteiger partial charge on any atom is 0.178 e. The third-order valence-electron chi connectivity index (χ3n) is 9.39. The molecule has 2 aliphatic rings. The average molecular weight is 557 g/mol. The number of benzene rings is 6. The average Bonchev–Trinajstić information content (AvgIpc) is 3.32. The smallest absolute Gasteiger partial charge is 0.178 e. The van der Waals surface area contributed by atoms with E-state index in [-0.39, 0.29) is 5.41 Å². The molecule has 0 radical (unpaired) electrons. The summed E-state index contributed by atoms with van der Waals surface area (Å²) in [6.07, 6.45) is 4.57. The van der Waals surface area contributed by atoms with Crippen LogP contribution in [0.15, 0.2) is 133 Å². The van der Waals surface area contributed by atoms with Crippen LogP contribution in [0.2, 0.25) is 0 Å². The Balaban J connectivity index is 1.37. The minimum absolute atomic E-state index is 0.162. The molecule has 0 amide bonds. The summed E-state index contributed by atoms with van der Waals surface area (Å²) in [6, 6.07) is 45.1. The minimum Gasteiger partial charge on any atom is -0.497 e. The monoisotopic (exact) mass is 556 g/mol. The zero-order chi connectivity index (χ0) is 29.2. The van der Waals surface area contributed by atoms with Gasteiger partial charge in [-0.05, 0) is 57.0 Å².